The van der Waals surface area contributed by atoms with Gasteiger partial charge in [0.15, 0.2) is 0 Å². The fraction of sp³-hybridized carbons (Fsp3) is 0.458. The Kier molecular flexibility index (Phi) is 5.77. The third kappa shape index (κ3) is 4.99. The normalized spacial score (nSPS) is 22.8. The molecule has 0 radical (unpaired) electrons. The Hall–Kier alpha value is -2.20. The Balaban J connectivity index is 1.49. The molecule has 4 heteroatoms. The van der Waals surface area contributed by atoms with Crippen LogP contribution in [0.3, 0.4) is 0 Å². The Morgan fingerprint density at radius 1 is 1.14 bits per heavy atom. The van der Waals surface area contributed by atoms with Gasteiger partial charge >= 0.3 is 0 Å². The van der Waals surface area contributed by atoms with Crippen LogP contribution in [0, 0.1) is 24.6 Å². The van der Waals surface area contributed by atoms with E-state index >= 15 is 0 Å². The second-order valence-electron chi connectivity index (χ2n) is 8.55. The number of aryl methyl sites for hydroxylation is 1. The fourth-order valence-corrected chi connectivity index (χ4v) is 4.23. The number of halogens is 1. The largest absolute Gasteiger partial charge is 0.356 e. The first kappa shape index (κ1) is 19.1. The smallest absolute Gasteiger partial charge is 0.224 e. The van der Waals surface area contributed by atoms with Gasteiger partial charge in [-0.3, -0.25) is 9.69 Å². The predicted octanol–water partition coefficient (Wildman–Crippen LogP) is 4.27. The van der Waals surface area contributed by atoms with Gasteiger partial charge in [-0.25, -0.2) is 4.39 Å². The highest BCUT2D eigenvalue weighted by molar-refractivity contribution is 5.79. The number of nitrogens with one attached hydrogen (secondary N) is 1. The van der Waals surface area contributed by atoms with Gasteiger partial charge < -0.3 is 5.32 Å². The van der Waals surface area contributed by atoms with Crippen molar-refractivity contribution in [3.8, 4) is 0 Å². The first-order valence-corrected chi connectivity index (χ1v) is 10.4. The minimum atomic E-state index is -0.211. The molecule has 0 unspecified atom stereocenters. The molecular formula is C24H29FN2O. The van der Waals surface area contributed by atoms with Gasteiger partial charge in [-0.05, 0) is 61.3 Å². The maximum atomic E-state index is 13.2. The third-order valence-corrected chi connectivity index (χ3v) is 5.99. The van der Waals surface area contributed by atoms with Crippen LogP contribution in [0.25, 0.3) is 0 Å². The average Bonchev–Trinajstić information content (AvgIpc) is 3.52. The number of likely N-dealkylation sites (tertiary alicyclic amines) is 1. The highest BCUT2D eigenvalue weighted by Gasteiger charge is 2.33. The average molecular weight is 381 g/mol. The van der Waals surface area contributed by atoms with Gasteiger partial charge in [0.1, 0.15) is 5.82 Å². The maximum absolute atomic E-state index is 13.2. The van der Waals surface area contributed by atoms with Gasteiger partial charge in [-0.2, -0.15) is 0 Å². The number of rotatable bonds is 6. The SMILES string of the molecule is Cc1cccc([C@@H]2C[C@H](C(=O)NCC3CC3)CN(Cc3ccc(F)cc3)C2)c1. The Morgan fingerprint density at radius 2 is 1.93 bits per heavy atom. The lowest BCUT2D eigenvalue weighted by atomic mass is 9.83. The lowest BCUT2D eigenvalue weighted by Gasteiger charge is -2.37. The van der Waals surface area contributed by atoms with Crippen molar-refractivity contribution in [1.82, 2.24) is 10.2 Å². The molecule has 1 aliphatic carbocycles. The number of hydrogen-bond donors (Lipinski definition) is 1. The molecular weight excluding hydrogens is 351 g/mol. The van der Waals surface area contributed by atoms with E-state index in [0.717, 1.165) is 38.2 Å². The zero-order chi connectivity index (χ0) is 19.5. The first-order valence-electron chi connectivity index (χ1n) is 10.4. The van der Waals surface area contributed by atoms with E-state index in [4.69, 9.17) is 0 Å². The molecule has 1 saturated heterocycles. The number of benzene rings is 2. The summed E-state index contributed by atoms with van der Waals surface area (Å²) in [5, 5.41) is 3.17. The van der Waals surface area contributed by atoms with Crippen LogP contribution < -0.4 is 5.32 Å². The van der Waals surface area contributed by atoms with E-state index < -0.39 is 0 Å². The summed E-state index contributed by atoms with van der Waals surface area (Å²) in [6.45, 7) is 5.36. The van der Waals surface area contributed by atoms with E-state index in [1.807, 2.05) is 12.1 Å². The molecule has 148 valence electrons. The molecule has 1 amide bonds. The molecule has 28 heavy (non-hydrogen) atoms. The van der Waals surface area contributed by atoms with Crippen LogP contribution in [0.5, 0.6) is 0 Å². The molecule has 2 fully saturated rings. The molecule has 2 aliphatic rings. The van der Waals surface area contributed by atoms with Gasteiger partial charge in [-0.1, -0.05) is 42.0 Å². The van der Waals surface area contributed by atoms with E-state index in [-0.39, 0.29) is 17.6 Å². The summed E-state index contributed by atoms with van der Waals surface area (Å²) in [5.74, 6) is 1.00. The maximum Gasteiger partial charge on any atom is 0.224 e. The molecule has 2 aromatic carbocycles. The number of amides is 1. The van der Waals surface area contributed by atoms with Gasteiger partial charge in [0.2, 0.25) is 5.91 Å². The zero-order valence-electron chi connectivity index (χ0n) is 16.5. The number of hydrogen-bond acceptors (Lipinski definition) is 2. The summed E-state index contributed by atoms with van der Waals surface area (Å²) in [7, 11) is 0. The predicted molar refractivity (Wildman–Crippen MR) is 109 cm³/mol. The van der Waals surface area contributed by atoms with Crippen molar-refractivity contribution >= 4 is 5.91 Å². The molecule has 1 N–H and O–H groups in total. The highest BCUT2D eigenvalue weighted by Crippen LogP contribution is 2.32. The van der Waals surface area contributed by atoms with Crippen molar-refractivity contribution in [2.45, 2.75) is 38.6 Å². The van der Waals surface area contributed by atoms with Crippen LogP contribution in [0.4, 0.5) is 4.39 Å². The van der Waals surface area contributed by atoms with Crippen LogP contribution in [-0.4, -0.2) is 30.4 Å². The van der Waals surface area contributed by atoms with Crippen molar-refractivity contribution in [3.63, 3.8) is 0 Å². The second-order valence-corrected chi connectivity index (χ2v) is 8.55. The third-order valence-electron chi connectivity index (χ3n) is 5.99. The second kappa shape index (κ2) is 8.44. The Labute approximate surface area is 166 Å². The summed E-state index contributed by atoms with van der Waals surface area (Å²) in [5.41, 5.74) is 3.65. The minimum absolute atomic E-state index is 0.00143. The van der Waals surface area contributed by atoms with Crippen molar-refractivity contribution in [2.24, 2.45) is 11.8 Å². The van der Waals surface area contributed by atoms with E-state index in [0.29, 0.717) is 11.8 Å². The van der Waals surface area contributed by atoms with E-state index in [2.05, 4.69) is 41.4 Å². The van der Waals surface area contributed by atoms with E-state index in [9.17, 15) is 9.18 Å². The van der Waals surface area contributed by atoms with E-state index in [1.165, 1.54) is 36.1 Å². The molecule has 0 bridgehead atoms. The van der Waals surface area contributed by atoms with Gasteiger partial charge in [0.25, 0.3) is 0 Å². The molecule has 0 spiro atoms. The number of carbonyl (C=O) groups is 1. The van der Waals surface area contributed by atoms with Crippen molar-refractivity contribution in [3.05, 3.63) is 71.0 Å². The molecule has 0 aromatic heterocycles. The van der Waals surface area contributed by atoms with Crippen LogP contribution in [-0.2, 0) is 11.3 Å². The summed E-state index contributed by atoms with van der Waals surface area (Å²) >= 11 is 0. The molecule has 1 aliphatic heterocycles. The summed E-state index contributed by atoms with van der Waals surface area (Å²) in [6, 6.07) is 15.3. The van der Waals surface area contributed by atoms with Crippen LogP contribution >= 0.6 is 0 Å². The molecule has 1 heterocycles. The summed E-state index contributed by atoms with van der Waals surface area (Å²) < 4.78 is 13.2. The zero-order valence-corrected chi connectivity index (χ0v) is 16.5. The van der Waals surface area contributed by atoms with Crippen LogP contribution in [0.15, 0.2) is 48.5 Å². The van der Waals surface area contributed by atoms with Crippen LogP contribution in [0.1, 0.15) is 41.9 Å². The Morgan fingerprint density at radius 3 is 2.64 bits per heavy atom. The quantitative estimate of drug-likeness (QED) is 0.812. The van der Waals surface area contributed by atoms with Gasteiger partial charge in [-0.15, -0.1) is 0 Å². The minimum Gasteiger partial charge on any atom is -0.356 e. The lowest BCUT2D eigenvalue weighted by molar-refractivity contribution is -0.127. The molecule has 2 atom stereocenters. The number of nitrogens with zero attached hydrogens (tertiary/aromatic N) is 1. The summed E-state index contributed by atoms with van der Waals surface area (Å²) in [6.07, 6.45) is 3.38. The monoisotopic (exact) mass is 380 g/mol. The van der Waals surface area contributed by atoms with Crippen molar-refractivity contribution in [2.75, 3.05) is 19.6 Å². The molecule has 4 rings (SSSR count). The Bertz CT molecular complexity index is 816. The number of piperidine rings is 1. The van der Waals surface area contributed by atoms with Crippen LogP contribution in [0.2, 0.25) is 0 Å². The molecule has 2 aromatic rings. The lowest BCUT2D eigenvalue weighted by Crippen LogP contribution is -2.45. The topological polar surface area (TPSA) is 32.3 Å². The highest BCUT2D eigenvalue weighted by atomic mass is 19.1. The van der Waals surface area contributed by atoms with Gasteiger partial charge in [0.05, 0.1) is 5.92 Å². The number of carbonyl (C=O) groups excluding carboxylic acids is 1. The first-order chi connectivity index (χ1) is 13.6. The van der Waals surface area contributed by atoms with Crippen molar-refractivity contribution < 1.29 is 9.18 Å². The van der Waals surface area contributed by atoms with Crippen molar-refractivity contribution in [1.29, 1.82) is 0 Å². The van der Waals surface area contributed by atoms with Gasteiger partial charge in [0, 0.05) is 26.2 Å². The fourth-order valence-electron chi connectivity index (χ4n) is 4.23. The molecule has 1 saturated carbocycles. The standard InChI is InChI=1S/C24H29FN2O/c1-17-3-2-4-20(11-17)21-12-22(24(28)26-13-18-5-6-18)16-27(15-21)14-19-7-9-23(25)10-8-19/h2-4,7-11,18,21-22H,5-6,12-16H2,1H3,(H,26,28)/t21-,22+/m1/s1. The molecule has 3 nitrogen and oxygen atoms in total. The van der Waals surface area contributed by atoms with E-state index in [1.54, 1.807) is 0 Å². The summed E-state index contributed by atoms with van der Waals surface area (Å²) in [4.78, 5) is 15.2.